The van der Waals surface area contributed by atoms with Crippen LogP contribution in [0.1, 0.15) is 29.5 Å². The summed E-state index contributed by atoms with van der Waals surface area (Å²) in [7, 11) is 1.36. The number of esters is 1. The highest BCUT2D eigenvalue weighted by Crippen LogP contribution is 2.22. The molecule has 1 aromatic heterocycles. The van der Waals surface area contributed by atoms with E-state index in [0.29, 0.717) is 12.1 Å². The molecule has 0 radical (unpaired) electrons. The molecule has 0 saturated heterocycles. The van der Waals surface area contributed by atoms with Gasteiger partial charge in [-0.2, -0.15) is 0 Å². The van der Waals surface area contributed by atoms with E-state index in [9.17, 15) is 4.79 Å². The smallest absolute Gasteiger partial charge is 0.337 e. The van der Waals surface area contributed by atoms with Crippen LogP contribution in [0.2, 0.25) is 0 Å². The summed E-state index contributed by atoms with van der Waals surface area (Å²) in [5, 5.41) is 12.4. The first-order valence-electron chi connectivity index (χ1n) is 7.29. The van der Waals surface area contributed by atoms with Gasteiger partial charge in [-0.15, -0.1) is 0 Å². The third kappa shape index (κ3) is 3.96. The van der Waals surface area contributed by atoms with Gasteiger partial charge >= 0.3 is 5.97 Å². The van der Waals surface area contributed by atoms with E-state index in [4.69, 9.17) is 9.52 Å². The molecular formula is C17H21NO4. The van der Waals surface area contributed by atoms with Crippen LogP contribution in [0.25, 0.3) is 11.3 Å². The van der Waals surface area contributed by atoms with Gasteiger partial charge in [-0.05, 0) is 30.7 Å². The topological polar surface area (TPSA) is 71.7 Å². The van der Waals surface area contributed by atoms with E-state index in [0.717, 1.165) is 23.5 Å². The van der Waals surface area contributed by atoms with E-state index in [-0.39, 0.29) is 18.6 Å². The van der Waals surface area contributed by atoms with Crippen LogP contribution in [0, 0.1) is 0 Å². The second kappa shape index (κ2) is 7.77. The van der Waals surface area contributed by atoms with Crippen molar-refractivity contribution < 1.29 is 19.1 Å². The number of benzene rings is 1. The predicted octanol–water partition coefficient (Wildman–Crippen LogP) is 2.59. The number of hydrogen-bond donors (Lipinski definition) is 2. The van der Waals surface area contributed by atoms with Crippen LogP contribution >= 0.6 is 0 Å². The normalized spacial score (nSPS) is 12.1. The first-order chi connectivity index (χ1) is 10.7. The fourth-order valence-corrected chi connectivity index (χ4v) is 2.10. The van der Waals surface area contributed by atoms with E-state index < -0.39 is 0 Å². The zero-order valence-corrected chi connectivity index (χ0v) is 12.8. The predicted molar refractivity (Wildman–Crippen MR) is 83.5 cm³/mol. The number of hydrogen-bond acceptors (Lipinski definition) is 5. The maximum absolute atomic E-state index is 11.4. The molecule has 0 unspecified atom stereocenters. The van der Waals surface area contributed by atoms with Gasteiger partial charge in [0.05, 0.1) is 25.8 Å². The third-order valence-electron chi connectivity index (χ3n) is 3.53. The van der Waals surface area contributed by atoms with Gasteiger partial charge in [0.25, 0.3) is 0 Å². The number of carbonyl (C=O) groups is 1. The Bertz CT molecular complexity index is 599. The van der Waals surface area contributed by atoms with Gasteiger partial charge in [-0.1, -0.05) is 19.1 Å². The van der Waals surface area contributed by atoms with Crippen molar-refractivity contribution in [2.75, 3.05) is 13.7 Å². The highest BCUT2D eigenvalue weighted by Gasteiger charge is 2.09. The van der Waals surface area contributed by atoms with Crippen LogP contribution in [0.3, 0.4) is 0 Å². The number of rotatable bonds is 7. The van der Waals surface area contributed by atoms with Crippen LogP contribution in [-0.4, -0.2) is 30.8 Å². The molecule has 5 heteroatoms. The first kappa shape index (κ1) is 16.3. The zero-order chi connectivity index (χ0) is 15.9. The fraction of sp³-hybridized carbons (Fsp3) is 0.353. The van der Waals surface area contributed by atoms with E-state index in [1.165, 1.54) is 7.11 Å². The van der Waals surface area contributed by atoms with Crippen molar-refractivity contribution in [1.82, 2.24) is 5.32 Å². The average Bonchev–Trinajstić information content (AvgIpc) is 3.04. The highest BCUT2D eigenvalue weighted by molar-refractivity contribution is 5.89. The lowest BCUT2D eigenvalue weighted by Gasteiger charge is -2.12. The molecule has 0 bridgehead atoms. The first-order valence-corrected chi connectivity index (χ1v) is 7.29. The number of carbonyl (C=O) groups excluding carboxylic acids is 1. The van der Waals surface area contributed by atoms with Crippen LogP contribution in [0.4, 0.5) is 0 Å². The number of aliphatic hydroxyl groups excluding tert-OH is 1. The van der Waals surface area contributed by atoms with Crippen molar-refractivity contribution in [3.05, 3.63) is 47.7 Å². The summed E-state index contributed by atoms with van der Waals surface area (Å²) in [6.07, 6.45) is 0.860. The number of aliphatic hydroxyl groups is 1. The molecule has 1 heterocycles. The molecule has 5 nitrogen and oxygen atoms in total. The van der Waals surface area contributed by atoms with Gasteiger partial charge in [-0.25, -0.2) is 4.79 Å². The minimum atomic E-state index is -0.356. The average molecular weight is 303 g/mol. The molecule has 118 valence electrons. The molecule has 0 spiro atoms. The summed E-state index contributed by atoms with van der Waals surface area (Å²) >= 11 is 0. The minimum absolute atomic E-state index is 0.0767. The quantitative estimate of drug-likeness (QED) is 0.769. The zero-order valence-electron chi connectivity index (χ0n) is 12.8. The van der Waals surface area contributed by atoms with Crippen molar-refractivity contribution in [3.8, 4) is 11.3 Å². The van der Waals surface area contributed by atoms with Crippen LogP contribution in [0.15, 0.2) is 40.8 Å². The van der Waals surface area contributed by atoms with E-state index in [1.54, 1.807) is 12.1 Å². The Morgan fingerprint density at radius 3 is 2.59 bits per heavy atom. The molecule has 1 atom stereocenters. The van der Waals surface area contributed by atoms with Crippen molar-refractivity contribution >= 4 is 5.97 Å². The molecule has 2 aromatic rings. The molecule has 2 N–H and O–H groups in total. The van der Waals surface area contributed by atoms with E-state index in [2.05, 4.69) is 10.1 Å². The van der Waals surface area contributed by atoms with Gasteiger partial charge in [-0.3, -0.25) is 0 Å². The van der Waals surface area contributed by atoms with Crippen LogP contribution in [-0.2, 0) is 11.3 Å². The summed E-state index contributed by atoms with van der Waals surface area (Å²) in [6, 6.07) is 10.9. The Morgan fingerprint density at radius 1 is 1.27 bits per heavy atom. The molecule has 0 amide bonds. The van der Waals surface area contributed by atoms with Crippen LogP contribution < -0.4 is 5.32 Å². The van der Waals surface area contributed by atoms with Crippen LogP contribution in [0.5, 0.6) is 0 Å². The van der Waals surface area contributed by atoms with Gasteiger partial charge < -0.3 is 19.6 Å². The van der Waals surface area contributed by atoms with Crippen molar-refractivity contribution in [1.29, 1.82) is 0 Å². The summed E-state index contributed by atoms with van der Waals surface area (Å²) < 4.78 is 10.4. The number of furan rings is 1. The van der Waals surface area contributed by atoms with E-state index in [1.807, 2.05) is 31.2 Å². The van der Waals surface area contributed by atoms with Crippen molar-refractivity contribution in [2.24, 2.45) is 0 Å². The largest absolute Gasteiger partial charge is 0.465 e. The Balaban J connectivity index is 2.03. The van der Waals surface area contributed by atoms with E-state index >= 15 is 0 Å². The Hall–Kier alpha value is -2.11. The second-order valence-corrected chi connectivity index (χ2v) is 5.00. The highest BCUT2D eigenvalue weighted by atomic mass is 16.5. The monoisotopic (exact) mass is 303 g/mol. The van der Waals surface area contributed by atoms with Gasteiger partial charge in [0, 0.05) is 11.6 Å². The lowest BCUT2D eigenvalue weighted by atomic mass is 10.1. The molecule has 1 aromatic carbocycles. The molecular weight excluding hydrogens is 282 g/mol. The molecule has 0 saturated carbocycles. The molecule has 0 aliphatic carbocycles. The molecule has 0 aliphatic rings. The van der Waals surface area contributed by atoms with Gasteiger partial charge in [0.2, 0.25) is 0 Å². The molecule has 0 fully saturated rings. The van der Waals surface area contributed by atoms with Gasteiger partial charge in [0.1, 0.15) is 11.5 Å². The Morgan fingerprint density at radius 2 is 2.00 bits per heavy atom. The number of nitrogens with one attached hydrogen (secondary N) is 1. The van der Waals surface area contributed by atoms with Crippen molar-refractivity contribution in [2.45, 2.75) is 25.9 Å². The summed E-state index contributed by atoms with van der Waals surface area (Å²) in [5.74, 6) is 1.19. The molecule has 22 heavy (non-hydrogen) atoms. The number of methoxy groups -OCH3 is 1. The molecule has 2 rings (SSSR count). The molecule has 0 aliphatic heterocycles. The summed E-state index contributed by atoms with van der Waals surface area (Å²) in [6.45, 7) is 2.70. The Kier molecular flexibility index (Phi) is 5.75. The standard InChI is InChI=1S/C17H21NO4/c1-3-14(11-19)18-10-15-8-9-16(22-15)12-4-6-13(7-5-12)17(20)21-2/h4-9,14,18-19H,3,10-11H2,1-2H3/t14-/m0/s1. The Labute approximate surface area is 129 Å². The number of ether oxygens (including phenoxy) is 1. The van der Waals surface area contributed by atoms with Crippen molar-refractivity contribution in [3.63, 3.8) is 0 Å². The minimum Gasteiger partial charge on any atom is -0.465 e. The van der Waals surface area contributed by atoms with Gasteiger partial charge in [0.15, 0.2) is 0 Å². The maximum Gasteiger partial charge on any atom is 0.337 e. The third-order valence-corrected chi connectivity index (χ3v) is 3.53. The second-order valence-electron chi connectivity index (χ2n) is 5.00. The summed E-state index contributed by atoms with van der Waals surface area (Å²) in [4.78, 5) is 11.4. The SMILES string of the molecule is CC[C@@H](CO)NCc1ccc(-c2ccc(C(=O)OC)cc2)o1. The fourth-order valence-electron chi connectivity index (χ4n) is 2.10. The lowest BCUT2D eigenvalue weighted by molar-refractivity contribution is 0.0600. The maximum atomic E-state index is 11.4. The lowest BCUT2D eigenvalue weighted by Crippen LogP contribution is -2.30. The summed E-state index contributed by atoms with van der Waals surface area (Å²) in [5.41, 5.74) is 1.40.